The van der Waals surface area contributed by atoms with Crippen LogP contribution in [0, 0.1) is 0 Å². The first-order chi connectivity index (χ1) is 12.8. The molecule has 2 saturated heterocycles. The lowest BCUT2D eigenvalue weighted by Crippen LogP contribution is -2.67. The highest BCUT2D eigenvalue weighted by molar-refractivity contribution is 5.98. The Morgan fingerprint density at radius 3 is 2.59 bits per heavy atom. The molecule has 1 spiro atoms. The number of piperazine rings is 1. The molecule has 1 aromatic heterocycles. The fourth-order valence-electron chi connectivity index (χ4n) is 4.41. The predicted molar refractivity (Wildman–Crippen MR) is 95.6 cm³/mol. The number of carbonyl (C=O) groups is 3. The van der Waals surface area contributed by atoms with E-state index in [4.69, 9.17) is 0 Å². The Labute approximate surface area is 157 Å². The molecule has 1 aliphatic carbocycles. The van der Waals surface area contributed by atoms with E-state index < -0.39 is 17.1 Å². The Hall–Kier alpha value is -2.51. The van der Waals surface area contributed by atoms with E-state index in [9.17, 15) is 18.8 Å². The minimum atomic E-state index is -1.75. The molecule has 0 radical (unpaired) electrons. The number of hydrogen-bond acceptors (Lipinski definition) is 4. The van der Waals surface area contributed by atoms with Crippen LogP contribution in [0.15, 0.2) is 24.5 Å². The quantitative estimate of drug-likeness (QED) is 0.778. The van der Waals surface area contributed by atoms with Gasteiger partial charge in [-0.2, -0.15) is 0 Å². The summed E-state index contributed by atoms with van der Waals surface area (Å²) in [5.74, 6) is -0.865. The van der Waals surface area contributed by atoms with Crippen LogP contribution in [0.4, 0.5) is 10.1 Å². The maximum Gasteiger partial charge on any atom is 0.260 e. The normalized spacial score (nSPS) is 27.0. The van der Waals surface area contributed by atoms with E-state index in [1.807, 2.05) is 0 Å². The molecule has 27 heavy (non-hydrogen) atoms. The van der Waals surface area contributed by atoms with Crippen molar-refractivity contribution in [3.8, 4) is 0 Å². The fraction of sp³-hybridized carbons (Fsp3) is 0.579. The van der Waals surface area contributed by atoms with Gasteiger partial charge in [-0.1, -0.05) is 0 Å². The van der Waals surface area contributed by atoms with Gasteiger partial charge < -0.3 is 14.7 Å². The molecular formula is C19H23FN4O3. The van der Waals surface area contributed by atoms with Crippen LogP contribution in [-0.4, -0.2) is 69.9 Å². The number of aromatic nitrogens is 1. The summed E-state index contributed by atoms with van der Waals surface area (Å²) < 4.78 is 14.6. The van der Waals surface area contributed by atoms with Gasteiger partial charge in [-0.05, 0) is 37.8 Å². The first-order valence-electron chi connectivity index (χ1n) is 9.32. The molecule has 1 unspecified atom stereocenters. The molecule has 3 heterocycles. The molecular weight excluding hydrogens is 351 g/mol. The topological polar surface area (TPSA) is 73.8 Å². The van der Waals surface area contributed by atoms with Gasteiger partial charge in [0.1, 0.15) is 6.54 Å². The molecule has 1 atom stereocenters. The third-order valence-electron chi connectivity index (χ3n) is 6.11. The van der Waals surface area contributed by atoms with Crippen LogP contribution in [0.1, 0.15) is 32.6 Å². The van der Waals surface area contributed by atoms with Crippen molar-refractivity contribution in [1.29, 1.82) is 0 Å². The second kappa shape index (κ2) is 6.28. The Kier molecular flexibility index (Phi) is 4.16. The fourth-order valence-corrected chi connectivity index (χ4v) is 4.41. The van der Waals surface area contributed by atoms with Gasteiger partial charge in [0.25, 0.3) is 5.91 Å². The molecule has 3 amide bonds. The summed E-state index contributed by atoms with van der Waals surface area (Å²) in [6, 6.07) is 3.55. The molecule has 8 heteroatoms. The largest absolute Gasteiger partial charge is 0.337 e. The third-order valence-corrected chi connectivity index (χ3v) is 6.11. The Balaban J connectivity index is 1.61. The van der Waals surface area contributed by atoms with E-state index in [0.717, 1.165) is 6.42 Å². The summed E-state index contributed by atoms with van der Waals surface area (Å²) in [7, 11) is 0. The van der Waals surface area contributed by atoms with Crippen molar-refractivity contribution in [3.63, 3.8) is 0 Å². The van der Waals surface area contributed by atoms with Gasteiger partial charge in [0.05, 0.1) is 24.0 Å². The molecule has 0 bridgehead atoms. The zero-order valence-corrected chi connectivity index (χ0v) is 15.4. The van der Waals surface area contributed by atoms with Crippen molar-refractivity contribution in [1.82, 2.24) is 14.8 Å². The number of halogens is 1. The predicted octanol–water partition coefficient (Wildman–Crippen LogP) is 1.14. The van der Waals surface area contributed by atoms with Crippen molar-refractivity contribution in [2.45, 2.75) is 43.8 Å². The van der Waals surface area contributed by atoms with Crippen molar-refractivity contribution in [2.75, 3.05) is 31.1 Å². The molecule has 1 aromatic rings. The van der Waals surface area contributed by atoms with E-state index >= 15 is 0 Å². The van der Waals surface area contributed by atoms with Crippen LogP contribution in [0.5, 0.6) is 0 Å². The molecule has 2 aliphatic heterocycles. The molecule has 144 valence electrons. The van der Waals surface area contributed by atoms with E-state index in [1.165, 1.54) is 11.8 Å². The Morgan fingerprint density at radius 1 is 1.22 bits per heavy atom. The van der Waals surface area contributed by atoms with Gasteiger partial charge in [-0.15, -0.1) is 0 Å². The van der Waals surface area contributed by atoms with Gasteiger partial charge in [0, 0.05) is 26.2 Å². The molecule has 0 aromatic carbocycles. The number of nitrogens with zero attached hydrogens (tertiary/aromatic N) is 4. The lowest BCUT2D eigenvalue weighted by Gasteiger charge is -2.48. The number of carbonyl (C=O) groups excluding carboxylic acids is 3. The van der Waals surface area contributed by atoms with Crippen LogP contribution in [-0.2, 0) is 14.4 Å². The molecule has 4 rings (SSSR count). The Bertz CT molecular complexity index is 782. The first kappa shape index (κ1) is 17.9. The van der Waals surface area contributed by atoms with Crippen LogP contribution in [0.3, 0.4) is 0 Å². The zero-order chi connectivity index (χ0) is 19.2. The number of amides is 3. The van der Waals surface area contributed by atoms with Crippen LogP contribution < -0.4 is 4.90 Å². The number of pyridine rings is 1. The van der Waals surface area contributed by atoms with Gasteiger partial charge in [-0.3, -0.25) is 19.4 Å². The highest BCUT2D eigenvalue weighted by Gasteiger charge is 2.55. The summed E-state index contributed by atoms with van der Waals surface area (Å²) in [6.45, 7) is 2.31. The second-order valence-electron chi connectivity index (χ2n) is 7.82. The molecule has 3 aliphatic rings. The SMILES string of the molecule is CC(=O)N1CC(=O)N(c2cccnc2)CC12CCN(C(=O)C1(F)CCC1)C2. The van der Waals surface area contributed by atoms with Crippen molar-refractivity contribution in [2.24, 2.45) is 0 Å². The summed E-state index contributed by atoms with van der Waals surface area (Å²) in [5, 5.41) is 0. The summed E-state index contributed by atoms with van der Waals surface area (Å²) in [4.78, 5) is 46.3. The summed E-state index contributed by atoms with van der Waals surface area (Å²) in [5.41, 5.74) is -1.78. The van der Waals surface area contributed by atoms with Crippen molar-refractivity contribution >= 4 is 23.4 Å². The van der Waals surface area contributed by atoms with Crippen molar-refractivity contribution < 1.29 is 18.8 Å². The van der Waals surface area contributed by atoms with E-state index in [-0.39, 0.29) is 44.3 Å². The van der Waals surface area contributed by atoms with Crippen LogP contribution in [0.2, 0.25) is 0 Å². The molecule has 3 fully saturated rings. The lowest BCUT2D eigenvalue weighted by molar-refractivity contribution is -0.151. The van der Waals surface area contributed by atoms with Gasteiger partial charge >= 0.3 is 0 Å². The van der Waals surface area contributed by atoms with E-state index in [0.29, 0.717) is 18.7 Å². The average Bonchev–Trinajstić information content (AvgIpc) is 3.06. The van der Waals surface area contributed by atoms with Gasteiger partial charge in [0.2, 0.25) is 11.8 Å². The second-order valence-corrected chi connectivity index (χ2v) is 7.82. The minimum Gasteiger partial charge on any atom is -0.337 e. The maximum atomic E-state index is 14.6. The lowest BCUT2D eigenvalue weighted by atomic mass is 9.81. The number of anilines is 1. The zero-order valence-electron chi connectivity index (χ0n) is 15.4. The molecule has 0 N–H and O–H groups in total. The number of likely N-dealkylation sites (tertiary alicyclic amines) is 1. The number of rotatable bonds is 2. The monoisotopic (exact) mass is 374 g/mol. The maximum absolute atomic E-state index is 14.6. The van der Waals surface area contributed by atoms with Crippen LogP contribution in [0.25, 0.3) is 0 Å². The highest BCUT2D eigenvalue weighted by Crippen LogP contribution is 2.41. The van der Waals surface area contributed by atoms with Gasteiger partial charge in [0.15, 0.2) is 5.67 Å². The van der Waals surface area contributed by atoms with E-state index in [2.05, 4.69) is 4.98 Å². The smallest absolute Gasteiger partial charge is 0.260 e. The number of hydrogen-bond donors (Lipinski definition) is 0. The average molecular weight is 374 g/mol. The van der Waals surface area contributed by atoms with E-state index in [1.54, 1.807) is 34.3 Å². The summed E-state index contributed by atoms with van der Waals surface area (Å²) in [6.07, 6.45) is 5.03. The highest BCUT2D eigenvalue weighted by atomic mass is 19.1. The number of alkyl halides is 1. The minimum absolute atomic E-state index is 0.0486. The summed E-state index contributed by atoms with van der Waals surface area (Å²) >= 11 is 0. The standard InChI is InChI=1S/C19H23FN4O3/c1-14(25)24-11-16(26)23(15-4-2-8-21-10-15)13-18(24)7-9-22(12-18)17(27)19(20)5-3-6-19/h2,4,8,10H,3,5-7,9,11-13H2,1H3. The third kappa shape index (κ3) is 2.87. The molecule has 7 nitrogen and oxygen atoms in total. The molecule has 1 saturated carbocycles. The Morgan fingerprint density at radius 2 is 2.00 bits per heavy atom. The first-order valence-corrected chi connectivity index (χ1v) is 9.32. The van der Waals surface area contributed by atoms with Gasteiger partial charge in [-0.25, -0.2) is 4.39 Å². The van der Waals surface area contributed by atoms with Crippen LogP contribution >= 0.6 is 0 Å². The van der Waals surface area contributed by atoms with Crippen molar-refractivity contribution in [3.05, 3.63) is 24.5 Å².